The van der Waals surface area contributed by atoms with Gasteiger partial charge in [-0.2, -0.15) is 0 Å². The molecule has 62 heavy (non-hydrogen) atoms. The summed E-state index contributed by atoms with van der Waals surface area (Å²) in [6.07, 6.45) is 0.704. The van der Waals surface area contributed by atoms with Crippen molar-refractivity contribution in [3.8, 4) is 57.4 Å². The number of hydrogen-bond acceptors (Lipinski definition) is 14. The van der Waals surface area contributed by atoms with Crippen molar-refractivity contribution in [2.24, 2.45) is 10.3 Å². The summed E-state index contributed by atoms with van der Waals surface area (Å²) in [6, 6.07) is 49.7. The Labute approximate surface area is 356 Å². The van der Waals surface area contributed by atoms with Crippen molar-refractivity contribution in [3.63, 3.8) is 0 Å². The van der Waals surface area contributed by atoms with Gasteiger partial charge in [-0.05, 0) is 108 Å². The lowest BCUT2D eigenvalue weighted by Crippen LogP contribution is -2.07. The van der Waals surface area contributed by atoms with Gasteiger partial charge in [0.2, 0.25) is 35.4 Å². The van der Waals surface area contributed by atoms with Crippen LogP contribution in [0.15, 0.2) is 177 Å². The molecule has 0 aliphatic carbocycles. The smallest absolute Gasteiger partial charge is 0.247 e. The fraction of sp³-hybridized carbons (Fsp3) is 0.125. The molecule has 0 fully saturated rings. The van der Waals surface area contributed by atoms with Crippen LogP contribution in [0.1, 0.15) is 48.0 Å². The third-order valence-corrected chi connectivity index (χ3v) is 9.47. The first kappa shape index (κ1) is 39.2. The Balaban J connectivity index is 0.000000158. The van der Waals surface area contributed by atoms with Gasteiger partial charge < -0.3 is 37.5 Å². The summed E-state index contributed by atoms with van der Waals surface area (Å²) in [4.78, 5) is 11.1. The minimum atomic E-state index is -0.193. The van der Waals surface area contributed by atoms with Crippen molar-refractivity contribution in [2.45, 2.75) is 38.9 Å². The zero-order chi connectivity index (χ0) is 42.1. The molecule has 10 rings (SSSR count). The average Bonchev–Trinajstić information content (AvgIpc) is 4.16. The molecule has 0 amide bonds. The van der Waals surface area contributed by atoms with E-state index in [0.29, 0.717) is 59.7 Å². The Morgan fingerprint density at radius 1 is 0.387 bits per heavy atom. The van der Waals surface area contributed by atoms with E-state index in [1.54, 1.807) is 13.8 Å². The number of oxime groups is 2. The highest BCUT2D eigenvalue weighted by molar-refractivity contribution is 5.80. The molecular formula is C48H38N6O8. The molecule has 0 saturated carbocycles. The van der Waals surface area contributed by atoms with Crippen LogP contribution in [0.2, 0.25) is 0 Å². The van der Waals surface area contributed by atoms with Crippen LogP contribution in [-0.4, -0.2) is 32.2 Å². The third kappa shape index (κ3) is 9.94. The van der Waals surface area contributed by atoms with Gasteiger partial charge in [-0.1, -0.05) is 71.0 Å². The van der Waals surface area contributed by atoms with E-state index in [-0.39, 0.29) is 12.2 Å². The van der Waals surface area contributed by atoms with Crippen LogP contribution in [-0.2, 0) is 9.68 Å². The summed E-state index contributed by atoms with van der Waals surface area (Å²) in [5.74, 6) is 7.51. The van der Waals surface area contributed by atoms with Crippen LogP contribution in [0.4, 0.5) is 0 Å². The van der Waals surface area contributed by atoms with Crippen molar-refractivity contribution < 1.29 is 37.5 Å². The van der Waals surface area contributed by atoms with Crippen molar-refractivity contribution in [3.05, 3.63) is 181 Å². The van der Waals surface area contributed by atoms with E-state index >= 15 is 0 Å². The molecule has 4 heterocycles. The van der Waals surface area contributed by atoms with E-state index in [9.17, 15) is 0 Å². The van der Waals surface area contributed by atoms with Crippen molar-refractivity contribution in [1.82, 2.24) is 20.4 Å². The molecular weight excluding hydrogens is 789 g/mol. The Morgan fingerprint density at radius 3 is 1.08 bits per heavy atom. The Hall–Kier alpha value is -8.26. The zero-order valence-electron chi connectivity index (χ0n) is 33.5. The fourth-order valence-corrected chi connectivity index (χ4v) is 6.37. The Bertz CT molecular complexity index is 2560. The maximum Gasteiger partial charge on any atom is 0.247 e. The first-order valence-electron chi connectivity index (χ1n) is 19.7. The Kier molecular flexibility index (Phi) is 11.6. The summed E-state index contributed by atoms with van der Waals surface area (Å²) in [5, 5.41) is 23.9. The highest BCUT2D eigenvalue weighted by Crippen LogP contribution is 2.33. The summed E-state index contributed by atoms with van der Waals surface area (Å²) >= 11 is 0. The lowest BCUT2D eigenvalue weighted by Gasteiger charge is -2.10. The highest BCUT2D eigenvalue weighted by atomic mass is 16.7. The second kappa shape index (κ2) is 18.3. The van der Waals surface area contributed by atoms with Crippen molar-refractivity contribution >= 4 is 11.8 Å². The van der Waals surface area contributed by atoms with Crippen LogP contribution in [0.3, 0.4) is 0 Å². The number of para-hydroxylation sites is 2. The molecule has 0 radical (unpaired) electrons. The molecule has 0 unspecified atom stereocenters. The summed E-state index contributed by atoms with van der Waals surface area (Å²) in [7, 11) is 0. The standard InChI is InChI=1S/2C24H19N3O4/c2*1-16-25-26-24(28-16)18-9-13-21(14-10-18)30-23-15-22(31-27-23)17-7-11-20(12-8-17)29-19-5-3-2-4-6-19/h2*2-14,22H,15H2,1H3/t2*22-/m10/s1. The fourth-order valence-electron chi connectivity index (χ4n) is 6.37. The Morgan fingerprint density at radius 2 is 0.726 bits per heavy atom. The average molecular weight is 827 g/mol. The molecule has 308 valence electrons. The predicted octanol–water partition coefficient (Wildman–Crippen LogP) is 11.4. The zero-order valence-corrected chi connectivity index (χ0v) is 33.5. The number of aromatic nitrogens is 4. The largest absolute Gasteiger partial charge is 0.457 e. The summed E-state index contributed by atoms with van der Waals surface area (Å²) < 4.78 is 34.2. The van der Waals surface area contributed by atoms with Gasteiger partial charge in [0.1, 0.15) is 34.5 Å². The van der Waals surface area contributed by atoms with Gasteiger partial charge in [0.25, 0.3) is 0 Å². The molecule has 2 aromatic heterocycles. The molecule has 0 N–H and O–H groups in total. The molecule has 2 atom stereocenters. The van der Waals surface area contributed by atoms with E-state index < -0.39 is 0 Å². The number of ether oxygens (including phenoxy) is 4. The predicted molar refractivity (Wildman–Crippen MR) is 228 cm³/mol. The molecule has 0 saturated heterocycles. The quantitative estimate of drug-likeness (QED) is 0.129. The first-order chi connectivity index (χ1) is 30.5. The molecule has 6 aromatic carbocycles. The highest BCUT2D eigenvalue weighted by Gasteiger charge is 2.26. The lowest BCUT2D eigenvalue weighted by molar-refractivity contribution is 0.0854. The van der Waals surface area contributed by atoms with E-state index in [2.05, 4.69) is 30.7 Å². The van der Waals surface area contributed by atoms with Crippen LogP contribution >= 0.6 is 0 Å². The number of aryl methyl sites for hydroxylation is 2. The monoisotopic (exact) mass is 826 g/mol. The van der Waals surface area contributed by atoms with Gasteiger partial charge in [-0.15, -0.1) is 20.4 Å². The van der Waals surface area contributed by atoms with Crippen LogP contribution in [0, 0.1) is 13.8 Å². The third-order valence-electron chi connectivity index (χ3n) is 9.47. The normalized spacial score (nSPS) is 15.3. The summed E-state index contributed by atoms with van der Waals surface area (Å²) in [5.41, 5.74) is 3.66. The van der Waals surface area contributed by atoms with E-state index in [1.165, 1.54) is 0 Å². The molecule has 0 bridgehead atoms. The van der Waals surface area contributed by atoms with Gasteiger partial charge in [-0.25, -0.2) is 0 Å². The topological polar surface area (TPSA) is 158 Å². The van der Waals surface area contributed by atoms with E-state index in [1.807, 2.05) is 158 Å². The van der Waals surface area contributed by atoms with Gasteiger partial charge in [0.05, 0.1) is 12.8 Å². The van der Waals surface area contributed by atoms with Crippen LogP contribution < -0.4 is 18.9 Å². The van der Waals surface area contributed by atoms with Crippen LogP contribution in [0.5, 0.6) is 34.5 Å². The molecule has 0 spiro atoms. The number of rotatable bonds is 10. The lowest BCUT2D eigenvalue weighted by atomic mass is 10.1. The molecule has 14 nitrogen and oxygen atoms in total. The van der Waals surface area contributed by atoms with E-state index in [0.717, 1.165) is 45.3 Å². The minimum Gasteiger partial charge on any atom is -0.457 e. The van der Waals surface area contributed by atoms with E-state index in [4.69, 9.17) is 37.5 Å². The van der Waals surface area contributed by atoms with Crippen LogP contribution in [0.25, 0.3) is 22.9 Å². The maximum atomic E-state index is 5.86. The number of benzene rings is 6. The first-order valence-corrected chi connectivity index (χ1v) is 19.7. The number of hydrogen-bond donors (Lipinski definition) is 0. The van der Waals surface area contributed by atoms with Gasteiger partial charge in [0, 0.05) is 25.0 Å². The number of nitrogens with zero attached hydrogens (tertiary/aromatic N) is 6. The molecule has 2 aliphatic rings. The summed E-state index contributed by atoms with van der Waals surface area (Å²) in [6.45, 7) is 3.51. The van der Waals surface area contributed by atoms with Crippen molar-refractivity contribution in [2.75, 3.05) is 0 Å². The molecule has 8 aromatic rings. The second-order valence-electron chi connectivity index (χ2n) is 14.0. The van der Waals surface area contributed by atoms with Gasteiger partial charge >= 0.3 is 0 Å². The second-order valence-corrected chi connectivity index (χ2v) is 14.0. The molecule has 2 aliphatic heterocycles. The van der Waals surface area contributed by atoms with Gasteiger partial charge in [-0.3, -0.25) is 0 Å². The van der Waals surface area contributed by atoms with Crippen molar-refractivity contribution in [1.29, 1.82) is 0 Å². The molecule has 14 heteroatoms. The SMILES string of the molecule is Cc1nnc(-c2ccc(OC3=NO[C@@H](c4ccc(Oc5ccccc5)cc4)C3)cc2)o1.Cc1nnc(-c2ccc(OC3=NO[C@H](c4ccc(Oc5ccccc5)cc4)C3)cc2)o1. The maximum absolute atomic E-state index is 5.86. The minimum absolute atomic E-state index is 0.193. The van der Waals surface area contributed by atoms with Gasteiger partial charge in [0.15, 0.2) is 12.2 Å².